The lowest BCUT2D eigenvalue weighted by atomic mass is 10.0. The first-order chi connectivity index (χ1) is 12.1. The third-order valence-electron chi connectivity index (χ3n) is 3.62. The van der Waals surface area contributed by atoms with Crippen LogP contribution in [0.3, 0.4) is 0 Å². The molecule has 0 aliphatic heterocycles. The zero-order valence-corrected chi connectivity index (χ0v) is 14.8. The predicted octanol–water partition coefficient (Wildman–Crippen LogP) is 5.77. The molecule has 0 aromatic heterocycles. The summed E-state index contributed by atoms with van der Waals surface area (Å²) in [7, 11) is 0. The molecule has 0 fully saturated rings. The van der Waals surface area contributed by atoms with Crippen LogP contribution < -0.4 is 5.32 Å². The summed E-state index contributed by atoms with van der Waals surface area (Å²) in [6, 6.07) is 23.4. The summed E-state index contributed by atoms with van der Waals surface area (Å²) in [6.45, 7) is 0. The molecule has 0 unspecified atom stereocenters. The van der Waals surface area contributed by atoms with Gasteiger partial charge in [0.25, 0.3) is 5.91 Å². The molecule has 0 heterocycles. The Morgan fingerprint density at radius 1 is 0.920 bits per heavy atom. The smallest absolute Gasteiger partial charge is 0.256 e. The first-order valence-electron chi connectivity index (χ1n) is 7.72. The molecule has 25 heavy (non-hydrogen) atoms. The molecule has 0 atom stereocenters. The lowest BCUT2D eigenvalue weighted by molar-refractivity contribution is -0.111. The number of nitrogens with one attached hydrogen (secondary N) is 1. The molecule has 1 N–H and O–H groups in total. The first kappa shape index (κ1) is 17.1. The van der Waals surface area contributed by atoms with Crippen molar-refractivity contribution in [3.8, 4) is 0 Å². The van der Waals surface area contributed by atoms with E-state index in [-0.39, 0.29) is 11.6 Å². The van der Waals surface area contributed by atoms with Gasteiger partial charge < -0.3 is 5.32 Å². The van der Waals surface area contributed by atoms with Crippen LogP contribution in [0, 0.1) is 5.82 Å². The van der Waals surface area contributed by atoms with Gasteiger partial charge in [-0.15, -0.1) is 0 Å². The molecule has 0 spiro atoms. The normalized spacial score (nSPS) is 11.2. The second-order valence-corrected chi connectivity index (χ2v) is 6.33. The van der Waals surface area contributed by atoms with Crippen LogP contribution in [0.5, 0.6) is 0 Å². The minimum absolute atomic E-state index is 0.142. The molecule has 3 rings (SSSR count). The van der Waals surface area contributed by atoms with Crippen molar-refractivity contribution in [1.29, 1.82) is 0 Å². The van der Waals surface area contributed by atoms with E-state index >= 15 is 0 Å². The second kappa shape index (κ2) is 7.90. The summed E-state index contributed by atoms with van der Waals surface area (Å²) in [5.74, 6) is -0.855. The predicted molar refractivity (Wildman–Crippen MR) is 103 cm³/mol. The maximum Gasteiger partial charge on any atom is 0.256 e. The average molecular weight is 396 g/mol. The average Bonchev–Trinajstić information content (AvgIpc) is 2.63. The maximum absolute atomic E-state index is 14.0. The number of hydrogen-bond acceptors (Lipinski definition) is 1. The van der Waals surface area contributed by atoms with Gasteiger partial charge in [0.05, 0.1) is 5.69 Å². The van der Waals surface area contributed by atoms with E-state index in [0.717, 1.165) is 11.1 Å². The van der Waals surface area contributed by atoms with Crippen LogP contribution in [-0.2, 0) is 4.79 Å². The van der Waals surface area contributed by atoms with E-state index in [1.807, 2.05) is 60.7 Å². The van der Waals surface area contributed by atoms with Gasteiger partial charge >= 0.3 is 0 Å². The molecule has 3 aromatic carbocycles. The Balaban J connectivity index is 1.97. The summed E-state index contributed by atoms with van der Waals surface area (Å²) >= 11 is 3.21. The lowest BCUT2D eigenvalue weighted by Crippen LogP contribution is -2.14. The summed E-state index contributed by atoms with van der Waals surface area (Å²) < 4.78 is 14.7. The third-order valence-corrected chi connectivity index (χ3v) is 4.11. The standard InChI is InChI=1S/C21H15BrFNO/c22-17-11-12-20(19(23)14-17)24-21(25)18(16-9-5-2-6-10-16)13-15-7-3-1-4-8-15/h1-14H,(H,24,25)/b18-13-. The largest absolute Gasteiger partial charge is 0.319 e. The highest BCUT2D eigenvalue weighted by atomic mass is 79.9. The minimum atomic E-state index is -0.491. The van der Waals surface area contributed by atoms with E-state index < -0.39 is 5.82 Å². The quantitative estimate of drug-likeness (QED) is 0.441. The van der Waals surface area contributed by atoms with E-state index in [2.05, 4.69) is 21.2 Å². The first-order valence-corrected chi connectivity index (χ1v) is 8.51. The van der Waals surface area contributed by atoms with Crippen LogP contribution in [0.25, 0.3) is 11.6 Å². The van der Waals surface area contributed by atoms with Crippen LogP contribution >= 0.6 is 15.9 Å². The summed E-state index contributed by atoms with van der Waals surface area (Å²) in [4.78, 5) is 12.8. The van der Waals surface area contributed by atoms with Crippen molar-refractivity contribution in [1.82, 2.24) is 0 Å². The van der Waals surface area contributed by atoms with Gasteiger partial charge in [-0.3, -0.25) is 4.79 Å². The van der Waals surface area contributed by atoms with Gasteiger partial charge in [0.1, 0.15) is 5.82 Å². The van der Waals surface area contributed by atoms with Crippen molar-refractivity contribution >= 4 is 39.2 Å². The Morgan fingerprint density at radius 2 is 1.56 bits per heavy atom. The molecular formula is C21H15BrFNO. The number of anilines is 1. The Kier molecular flexibility index (Phi) is 5.41. The molecule has 3 aromatic rings. The Morgan fingerprint density at radius 3 is 2.20 bits per heavy atom. The van der Waals surface area contributed by atoms with E-state index in [4.69, 9.17) is 0 Å². The Hall–Kier alpha value is -2.72. The van der Waals surface area contributed by atoms with Crippen molar-refractivity contribution in [2.24, 2.45) is 0 Å². The van der Waals surface area contributed by atoms with Crippen LogP contribution in [0.4, 0.5) is 10.1 Å². The zero-order chi connectivity index (χ0) is 17.6. The summed E-state index contributed by atoms with van der Waals surface area (Å²) in [6.07, 6.45) is 1.79. The number of benzene rings is 3. The summed E-state index contributed by atoms with van der Waals surface area (Å²) in [5.41, 5.74) is 2.27. The maximum atomic E-state index is 14.0. The number of carbonyl (C=O) groups excluding carboxylic acids is 1. The number of amides is 1. The highest BCUT2D eigenvalue weighted by Gasteiger charge is 2.14. The monoisotopic (exact) mass is 395 g/mol. The molecule has 0 saturated carbocycles. The van der Waals surface area contributed by atoms with Gasteiger partial charge in [0.15, 0.2) is 0 Å². The number of rotatable bonds is 4. The highest BCUT2D eigenvalue weighted by molar-refractivity contribution is 9.10. The van der Waals surface area contributed by atoms with Crippen LogP contribution in [-0.4, -0.2) is 5.91 Å². The molecule has 0 bridgehead atoms. The van der Waals surface area contributed by atoms with Crippen molar-refractivity contribution in [3.05, 3.63) is 100 Å². The van der Waals surface area contributed by atoms with Gasteiger partial charge in [-0.2, -0.15) is 0 Å². The molecule has 0 aliphatic carbocycles. The van der Waals surface area contributed by atoms with E-state index in [0.29, 0.717) is 10.0 Å². The van der Waals surface area contributed by atoms with Crippen molar-refractivity contribution in [2.75, 3.05) is 5.32 Å². The molecule has 0 radical (unpaired) electrons. The fourth-order valence-electron chi connectivity index (χ4n) is 2.39. The van der Waals surface area contributed by atoms with Gasteiger partial charge in [-0.25, -0.2) is 4.39 Å². The second-order valence-electron chi connectivity index (χ2n) is 5.41. The van der Waals surface area contributed by atoms with Gasteiger partial charge in [0, 0.05) is 10.0 Å². The fourth-order valence-corrected chi connectivity index (χ4v) is 2.73. The van der Waals surface area contributed by atoms with Gasteiger partial charge in [0.2, 0.25) is 0 Å². The lowest BCUT2D eigenvalue weighted by Gasteiger charge is -2.11. The minimum Gasteiger partial charge on any atom is -0.319 e. The molecular weight excluding hydrogens is 381 g/mol. The van der Waals surface area contributed by atoms with Crippen LogP contribution in [0.15, 0.2) is 83.3 Å². The van der Waals surface area contributed by atoms with Crippen molar-refractivity contribution < 1.29 is 9.18 Å². The number of carbonyl (C=O) groups is 1. The molecule has 0 aliphatic rings. The Bertz CT molecular complexity index is 908. The molecule has 0 saturated heterocycles. The highest BCUT2D eigenvalue weighted by Crippen LogP contribution is 2.23. The Labute approximate surface area is 154 Å². The molecule has 2 nitrogen and oxygen atoms in total. The topological polar surface area (TPSA) is 29.1 Å². The van der Waals surface area contributed by atoms with E-state index in [9.17, 15) is 9.18 Å². The van der Waals surface area contributed by atoms with Gasteiger partial charge in [-0.1, -0.05) is 76.6 Å². The molecule has 4 heteroatoms. The molecule has 1 amide bonds. The van der Waals surface area contributed by atoms with Crippen molar-refractivity contribution in [2.45, 2.75) is 0 Å². The SMILES string of the molecule is O=C(Nc1ccc(Br)cc1F)/C(=C\c1ccccc1)c1ccccc1. The summed E-state index contributed by atoms with van der Waals surface area (Å²) in [5, 5.41) is 2.65. The zero-order valence-electron chi connectivity index (χ0n) is 13.2. The number of hydrogen-bond donors (Lipinski definition) is 1. The van der Waals surface area contributed by atoms with Crippen LogP contribution in [0.2, 0.25) is 0 Å². The third kappa shape index (κ3) is 4.43. The van der Waals surface area contributed by atoms with E-state index in [1.54, 1.807) is 12.1 Å². The van der Waals surface area contributed by atoms with Crippen molar-refractivity contribution in [3.63, 3.8) is 0 Å². The molecule has 124 valence electrons. The van der Waals surface area contributed by atoms with Gasteiger partial charge in [-0.05, 0) is 35.4 Å². The fraction of sp³-hybridized carbons (Fsp3) is 0. The van der Waals surface area contributed by atoms with Crippen LogP contribution in [0.1, 0.15) is 11.1 Å². The van der Waals surface area contributed by atoms with E-state index in [1.165, 1.54) is 12.1 Å². The number of halogens is 2.